The average Bonchev–Trinajstić information content (AvgIpc) is 2.80. The minimum atomic E-state index is -4.78. The van der Waals surface area contributed by atoms with E-state index in [4.69, 9.17) is 0 Å². The molecule has 0 bridgehead atoms. The molecule has 0 aliphatic rings. The Kier molecular flexibility index (Phi) is 8.25. The molecule has 2 N–H and O–H groups in total. The number of amides is 2. The molecule has 6 nitrogen and oxygen atoms in total. The highest BCUT2D eigenvalue weighted by molar-refractivity contribution is 6.01. The quantitative estimate of drug-likeness (QED) is 0.303. The molecule has 0 heterocycles. The summed E-state index contributed by atoms with van der Waals surface area (Å²) < 4.78 is 42.0. The first-order chi connectivity index (χ1) is 16.6. The molecule has 0 saturated heterocycles. The number of hydrogen-bond donors (Lipinski definition) is 2. The second kappa shape index (κ2) is 11.3. The number of para-hydroxylation sites is 2. The van der Waals surface area contributed by atoms with Gasteiger partial charge in [-0.05, 0) is 55.2 Å². The summed E-state index contributed by atoms with van der Waals surface area (Å²) in [6, 6.07) is 18.4. The molecule has 0 aliphatic heterocycles. The summed E-state index contributed by atoms with van der Waals surface area (Å²) in [6.07, 6.45) is -3.27. The molecule has 0 saturated carbocycles. The molecule has 0 aliphatic carbocycles. The van der Waals surface area contributed by atoms with E-state index in [1.54, 1.807) is 25.1 Å². The van der Waals surface area contributed by atoms with Crippen LogP contribution in [0, 0.1) is 13.8 Å². The number of aryl methyl sites for hydroxylation is 2. The van der Waals surface area contributed by atoms with Gasteiger partial charge in [0.1, 0.15) is 5.75 Å². The maximum Gasteiger partial charge on any atom is 0.573 e. The first kappa shape index (κ1) is 25.5. The van der Waals surface area contributed by atoms with E-state index in [0.29, 0.717) is 5.71 Å². The van der Waals surface area contributed by atoms with E-state index in [0.717, 1.165) is 27.9 Å². The lowest BCUT2D eigenvalue weighted by atomic mass is 10.1. The van der Waals surface area contributed by atoms with Crippen LogP contribution in [0.15, 0.2) is 76.8 Å². The van der Waals surface area contributed by atoms with Gasteiger partial charge in [0.25, 0.3) is 0 Å². The Labute approximate surface area is 201 Å². The SMILES string of the molecule is CC(=NCc1ccc(/C=N/NC(=O)Nc2c(C)cccc2C)cc1)c1ccccc1OC(F)(F)F. The van der Waals surface area contributed by atoms with Gasteiger partial charge in [0.2, 0.25) is 0 Å². The van der Waals surface area contributed by atoms with Crippen LogP contribution in [0.4, 0.5) is 23.7 Å². The third-order valence-corrected chi connectivity index (χ3v) is 5.08. The van der Waals surface area contributed by atoms with Gasteiger partial charge in [0.15, 0.2) is 0 Å². The zero-order valence-corrected chi connectivity index (χ0v) is 19.5. The van der Waals surface area contributed by atoms with Crippen molar-refractivity contribution in [2.75, 3.05) is 5.32 Å². The van der Waals surface area contributed by atoms with Gasteiger partial charge in [0, 0.05) is 17.0 Å². The van der Waals surface area contributed by atoms with Gasteiger partial charge in [0.05, 0.1) is 12.8 Å². The van der Waals surface area contributed by atoms with Crippen LogP contribution in [0.5, 0.6) is 5.75 Å². The van der Waals surface area contributed by atoms with Crippen LogP contribution in [-0.4, -0.2) is 24.3 Å². The fraction of sp³-hybridized carbons (Fsp3) is 0.192. The minimum Gasteiger partial charge on any atom is -0.405 e. The number of rotatable bonds is 7. The summed E-state index contributed by atoms with van der Waals surface area (Å²) >= 11 is 0. The molecule has 3 rings (SSSR count). The van der Waals surface area contributed by atoms with Gasteiger partial charge in [-0.2, -0.15) is 5.10 Å². The number of alkyl halides is 3. The highest BCUT2D eigenvalue weighted by Gasteiger charge is 2.32. The largest absolute Gasteiger partial charge is 0.573 e. The number of carbonyl (C=O) groups excluding carboxylic acids is 1. The molecule has 0 atom stereocenters. The Morgan fingerprint density at radius 3 is 2.29 bits per heavy atom. The van der Waals surface area contributed by atoms with Crippen LogP contribution < -0.4 is 15.5 Å². The van der Waals surface area contributed by atoms with Crippen LogP contribution in [0.2, 0.25) is 0 Å². The molecule has 9 heteroatoms. The second-order valence-corrected chi connectivity index (χ2v) is 7.78. The topological polar surface area (TPSA) is 75.1 Å². The summed E-state index contributed by atoms with van der Waals surface area (Å²) in [7, 11) is 0. The van der Waals surface area contributed by atoms with E-state index in [1.807, 2.05) is 44.2 Å². The van der Waals surface area contributed by atoms with E-state index in [9.17, 15) is 18.0 Å². The number of nitrogens with zero attached hydrogens (tertiary/aromatic N) is 2. The summed E-state index contributed by atoms with van der Waals surface area (Å²) in [6.45, 7) is 5.73. The predicted molar refractivity (Wildman–Crippen MR) is 131 cm³/mol. The van der Waals surface area contributed by atoms with Crippen molar-refractivity contribution in [1.82, 2.24) is 5.43 Å². The van der Waals surface area contributed by atoms with Crippen molar-refractivity contribution < 1.29 is 22.7 Å². The number of nitrogens with one attached hydrogen (secondary N) is 2. The smallest absolute Gasteiger partial charge is 0.405 e. The number of ether oxygens (including phenoxy) is 1. The lowest BCUT2D eigenvalue weighted by molar-refractivity contribution is -0.274. The lowest BCUT2D eigenvalue weighted by Gasteiger charge is -2.13. The predicted octanol–water partition coefficient (Wildman–Crippen LogP) is 6.37. The normalized spacial score (nSPS) is 12.0. The van der Waals surface area contributed by atoms with Gasteiger partial charge >= 0.3 is 12.4 Å². The number of anilines is 1. The fourth-order valence-corrected chi connectivity index (χ4v) is 3.30. The monoisotopic (exact) mass is 482 g/mol. The first-order valence-corrected chi connectivity index (χ1v) is 10.7. The van der Waals surface area contributed by atoms with Crippen molar-refractivity contribution in [3.8, 4) is 5.75 Å². The van der Waals surface area contributed by atoms with E-state index in [1.165, 1.54) is 24.4 Å². The third kappa shape index (κ3) is 7.70. The molecule has 2 amide bonds. The van der Waals surface area contributed by atoms with Crippen molar-refractivity contribution in [1.29, 1.82) is 0 Å². The van der Waals surface area contributed by atoms with Crippen LogP contribution in [0.1, 0.15) is 34.7 Å². The molecule has 0 aromatic heterocycles. The van der Waals surface area contributed by atoms with Crippen molar-refractivity contribution in [3.63, 3.8) is 0 Å². The maximum atomic E-state index is 12.6. The van der Waals surface area contributed by atoms with E-state index in [2.05, 4.69) is 25.6 Å². The molecule has 3 aromatic carbocycles. The average molecular weight is 483 g/mol. The highest BCUT2D eigenvalue weighted by atomic mass is 19.4. The Bertz CT molecular complexity index is 1220. The number of hydrogen-bond acceptors (Lipinski definition) is 4. The first-order valence-electron chi connectivity index (χ1n) is 10.7. The number of halogens is 3. The summed E-state index contributed by atoms with van der Waals surface area (Å²) in [5, 5.41) is 6.74. The van der Waals surface area contributed by atoms with E-state index < -0.39 is 12.4 Å². The summed E-state index contributed by atoms with van der Waals surface area (Å²) in [5.74, 6) is -0.290. The van der Waals surface area contributed by atoms with Gasteiger partial charge in [-0.15, -0.1) is 13.2 Å². The standard InChI is InChI=1S/C26H25F3N4O2/c1-17-7-6-8-18(2)24(17)32-25(34)33-31-16-21-13-11-20(12-14-21)15-30-19(3)22-9-4-5-10-23(22)35-26(27,28)29/h4-14,16H,15H2,1-3H3,(H2,32,33,34)/b30-19?,31-16+. The van der Waals surface area contributed by atoms with Gasteiger partial charge in [-0.3, -0.25) is 4.99 Å². The summed E-state index contributed by atoms with van der Waals surface area (Å²) in [5.41, 5.74) is 7.40. The highest BCUT2D eigenvalue weighted by Crippen LogP contribution is 2.27. The number of hydrazone groups is 1. The molecular formula is C26H25F3N4O2. The fourth-order valence-electron chi connectivity index (χ4n) is 3.30. The molecular weight excluding hydrogens is 457 g/mol. The Morgan fingerprint density at radius 1 is 0.971 bits per heavy atom. The number of benzene rings is 3. The van der Waals surface area contributed by atoms with Gasteiger partial charge in [-0.1, -0.05) is 54.6 Å². The minimum absolute atomic E-state index is 0.277. The molecule has 0 radical (unpaired) electrons. The van der Waals surface area contributed by atoms with Crippen molar-refractivity contribution in [2.24, 2.45) is 10.1 Å². The third-order valence-electron chi connectivity index (χ3n) is 5.08. The maximum absolute atomic E-state index is 12.6. The Balaban J connectivity index is 1.57. The van der Waals surface area contributed by atoms with Crippen molar-refractivity contribution in [3.05, 3.63) is 94.5 Å². The zero-order valence-electron chi connectivity index (χ0n) is 19.5. The van der Waals surface area contributed by atoms with E-state index >= 15 is 0 Å². The van der Waals surface area contributed by atoms with E-state index in [-0.39, 0.29) is 17.9 Å². The molecule has 0 fully saturated rings. The molecule has 35 heavy (non-hydrogen) atoms. The number of carbonyl (C=O) groups is 1. The van der Waals surface area contributed by atoms with Crippen LogP contribution in [-0.2, 0) is 6.54 Å². The van der Waals surface area contributed by atoms with Gasteiger partial charge < -0.3 is 10.1 Å². The molecule has 0 spiro atoms. The number of urea groups is 1. The van der Waals surface area contributed by atoms with Gasteiger partial charge in [-0.25, -0.2) is 10.2 Å². The Hall–Kier alpha value is -4.14. The van der Waals surface area contributed by atoms with Crippen LogP contribution in [0.25, 0.3) is 0 Å². The lowest BCUT2D eigenvalue weighted by Crippen LogP contribution is -2.25. The van der Waals surface area contributed by atoms with Crippen molar-refractivity contribution >= 4 is 23.6 Å². The summed E-state index contributed by atoms with van der Waals surface area (Å²) in [4.78, 5) is 16.5. The second-order valence-electron chi connectivity index (χ2n) is 7.78. The number of aliphatic imine (C=N–C) groups is 1. The zero-order chi connectivity index (χ0) is 25.4. The molecule has 0 unspecified atom stereocenters. The Morgan fingerprint density at radius 2 is 1.63 bits per heavy atom. The van der Waals surface area contributed by atoms with Crippen LogP contribution >= 0.6 is 0 Å². The van der Waals surface area contributed by atoms with Crippen LogP contribution in [0.3, 0.4) is 0 Å². The van der Waals surface area contributed by atoms with Crippen molar-refractivity contribution in [2.45, 2.75) is 33.7 Å². The molecule has 182 valence electrons. The molecule has 3 aromatic rings.